The number of hydrogen-bond donors (Lipinski definition) is 1. The third-order valence-corrected chi connectivity index (χ3v) is 4.11. The van der Waals surface area contributed by atoms with Crippen molar-refractivity contribution in [1.82, 2.24) is 4.98 Å². The maximum atomic E-state index is 6.07. The summed E-state index contributed by atoms with van der Waals surface area (Å²) in [5.74, 6) is 1.40. The predicted molar refractivity (Wildman–Crippen MR) is 86.3 cm³/mol. The number of aromatic nitrogens is 1. The molecule has 2 rings (SSSR count). The normalized spacial score (nSPS) is 11.0. The molecular formula is C16H22N2OS. The van der Waals surface area contributed by atoms with Crippen LogP contribution in [0.4, 0.5) is 5.69 Å². The van der Waals surface area contributed by atoms with Crippen LogP contribution in [0.1, 0.15) is 32.2 Å². The van der Waals surface area contributed by atoms with Crippen molar-refractivity contribution in [2.75, 3.05) is 12.3 Å². The zero-order valence-corrected chi connectivity index (χ0v) is 13.2. The van der Waals surface area contributed by atoms with Crippen molar-refractivity contribution in [2.45, 2.75) is 33.6 Å². The minimum atomic E-state index is 0.637. The van der Waals surface area contributed by atoms with Gasteiger partial charge in [0.15, 0.2) is 0 Å². The van der Waals surface area contributed by atoms with Crippen LogP contribution < -0.4 is 10.5 Å². The van der Waals surface area contributed by atoms with E-state index in [1.807, 2.05) is 18.2 Å². The van der Waals surface area contributed by atoms with Gasteiger partial charge in [0, 0.05) is 10.9 Å². The van der Waals surface area contributed by atoms with Crippen molar-refractivity contribution in [2.24, 2.45) is 5.92 Å². The lowest BCUT2D eigenvalue weighted by Crippen LogP contribution is -2.03. The van der Waals surface area contributed by atoms with E-state index in [-0.39, 0.29) is 0 Å². The van der Waals surface area contributed by atoms with Crippen LogP contribution in [0.5, 0.6) is 5.75 Å². The van der Waals surface area contributed by atoms with E-state index in [2.05, 4.69) is 31.1 Å². The van der Waals surface area contributed by atoms with E-state index < -0.39 is 0 Å². The summed E-state index contributed by atoms with van der Waals surface area (Å²) >= 11 is 1.69. The number of thiazole rings is 1. The standard InChI is InChI=1S/C16H22N2OS/c1-4-16-18-14(10-20-16)12-5-6-15(13(17)9-12)19-8-7-11(2)3/h5-6,9-11H,4,7-8,17H2,1-3H3. The molecule has 0 saturated carbocycles. The first kappa shape index (κ1) is 14.9. The van der Waals surface area contributed by atoms with E-state index in [4.69, 9.17) is 10.5 Å². The highest BCUT2D eigenvalue weighted by molar-refractivity contribution is 7.09. The van der Waals surface area contributed by atoms with Gasteiger partial charge in [-0.05, 0) is 37.0 Å². The first-order valence-electron chi connectivity index (χ1n) is 7.07. The predicted octanol–water partition coefficient (Wildman–Crippen LogP) is 4.38. The van der Waals surface area contributed by atoms with Gasteiger partial charge in [-0.25, -0.2) is 4.98 Å². The van der Waals surface area contributed by atoms with Gasteiger partial charge in [-0.15, -0.1) is 11.3 Å². The molecule has 4 heteroatoms. The molecule has 0 fully saturated rings. The smallest absolute Gasteiger partial charge is 0.142 e. The van der Waals surface area contributed by atoms with Crippen molar-refractivity contribution >= 4 is 17.0 Å². The molecule has 0 radical (unpaired) electrons. The Balaban J connectivity index is 2.09. The number of benzene rings is 1. The van der Waals surface area contributed by atoms with Crippen LogP contribution in [0.25, 0.3) is 11.3 Å². The summed E-state index contributed by atoms with van der Waals surface area (Å²) in [7, 11) is 0. The first-order valence-corrected chi connectivity index (χ1v) is 7.95. The van der Waals surface area contributed by atoms with E-state index in [0.29, 0.717) is 18.2 Å². The molecule has 2 aromatic rings. The first-order chi connectivity index (χ1) is 9.60. The van der Waals surface area contributed by atoms with Crippen LogP contribution in [0.2, 0.25) is 0 Å². The van der Waals surface area contributed by atoms with Gasteiger partial charge in [0.05, 0.1) is 23.0 Å². The molecule has 20 heavy (non-hydrogen) atoms. The van der Waals surface area contributed by atoms with Crippen LogP contribution in [-0.4, -0.2) is 11.6 Å². The Morgan fingerprint density at radius 1 is 1.35 bits per heavy atom. The van der Waals surface area contributed by atoms with Crippen LogP contribution >= 0.6 is 11.3 Å². The molecule has 0 amide bonds. The molecule has 1 heterocycles. The number of nitrogens with two attached hydrogens (primary N) is 1. The van der Waals surface area contributed by atoms with Crippen LogP contribution in [0.3, 0.4) is 0 Å². The molecule has 2 N–H and O–H groups in total. The van der Waals surface area contributed by atoms with Gasteiger partial charge in [0.1, 0.15) is 5.75 Å². The average Bonchev–Trinajstić information content (AvgIpc) is 2.89. The highest BCUT2D eigenvalue weighted by atomic mass is 32.1. The Hall–Kier alpha value is -1.55. The number of hydrogen-bond acceptors (Lipinski definition) is 4. The summed E-state index contributed by atoms with van der Waals surface area (Å²) in [6.07, 6.45) is 2.00. The number of anilines is 1. The molecule has 0 saturated heterocycles. The quantitative estimate of drug-likeness (QED) is 0.803. The fourth-order valence-corrected chi connectivity index (χ4v) is 2.60. The number of nitrogen functional groups attached to an aromatic ring is 1. The summed E-state index contributed by atoms with van der Waals surface area (Å²) in [5, 5.41) is 3.23. The summed E-state index contributed by atoms with van der Waals surface area (Å²) in [5.41, 5.74) is 8.79. The highest BCUT2D eigenvalue weighted by Crippen LogP contribution is 2.29. The maximum absolute atomic E-state index is 6.07. The molecule has 0 atom stereocenters. The molecule has 0 spiro atoms. The van der Waals surface area contributed by atoms with Crippen molar-refractivity contribution in [3.05, 3.63) is 28.6 Å². The molecule has 1 aromatic carbocycles. The summed E-state index contributed by atoms with van der Waals surface area (Å²) in [6, 6.07) is 5.91. The SMILES string of the molecule is CCc1nc(-c2ccc(OCCC(C)C)c(N)c2)cs1. The van der Waals surface area contributed by atoms with Gasteiger partial charge in [-0.1, -0.05) is 20.8 Å². The molecule has 0 bridgehead atoms. The van der Waals surface area contributed by atoms with Gasteiger partial charge in [0.25, 0.3) is 0 Å². The molecular weight excluding hydrogens is 268 g/mol. The second kappa shape index (κ2) is 6.75. The zero-order valence-electron chi connectivity index (χ0n) is 12.3. The maximum Gasteiger partial charge on any atom is 0.142 e. The van der Waals surface area contributed by atoms with Crippen LogP contribution in [0.15, 0.2) is 23.6 Å². The Morgan fingerprint density at radius 2 is 2.15 bits per heavy atom. The third-order valence-electron chi connectivity index (χ3n) is 3.11. The van der Waals surface area contributed by atoms with E-state index in [1.54, 1.807) is 11.3 Å². The molecule has 1 aromatic heterocycles. The molecule has 0 aliphatic rings. The van der Waals surface area contributed by atoms with Crippen molar-refractivity contribution in [3.8, 4) is 17.0 Å². The monoisotopic (exact) mass is 290 g/mol. The van der Waals surface area contributed by atoms with Crippen molar-refractivity contribution in [1.29, 1.82) is 0 Å². The fourth-order valence-electron chi connectivity index (χ4n) is 1.85. The Labute approximate surface area is 124 Å². The van der Waals surface area contributed by atoms with E-state index >= 15 is 0 Å². The van der Waals surface area contributed by atoms with Crippen LogP contribution in [-0.2, 0) is 6.42 Å². The lowest BCUT2D eigenvalue weighted by molar-refractivity contribution is 0.291. The molecule has 108 valence electrons. The molecule has 0 unspecified atom stereocenters. The number of aryl methyl sites for hydroxylation is 1. The number of nitrogens with zero attached hydrogens (tertiary/aromatic N) is 1. The topological polar surface area (TPSA) is 48.1 Å². The van der Waals surface area contributed by atoms with Gasteiger partial charge < -0.3 is 10.5 Å². The van der Waals surface area contributed by atoms with Crippen LogP contribution in [0, 0.1) is 5.92 Å². The second-order valence-corrected chi connectivity index (χ2v) is 6.21. The number of ether oxygens (including phenoxy) is 1. The third kappa shape index (κ3) is 3.73. The minimum Gasteiger partial charge on any atom is -0.491 e. The second-order valence-electron chi connectivity index (χ2n) is 5.26. The van der Waals surface area contributed by atoms with Gasteiger partial charge >= 0.3 is 0 Å². The zero-order chi connectivity index (χ0) is 14.5. The van der Waals surface area contributed by atoms with Gasteiger partial charge in [-0.2, -0.15) is 0 Å². The Bertz CT molecular complexity index is 563. The van der Waals surface area contributed by atoms with Crippen molar-refractivity contribution in [3.63, 3.8) is 0 Å². The summed E-state index contributed by atoms with van der Waals surface area (Å²) in [4.78, 5) is 4.58. The lowest BCUT2D eigenvalue weighted by Gasteiger charge is -2.11. The van der Waals surface area contributed by atoms with Gasteiger partial charge in [0.2, 0.25) is 0 Å². The minimum absolute atomic E-state index is 0.637. The summed E-state index contributed by atoms with van der Waals surface area (Å²) < 4.78 is 5.72. The highest BCUT2D eigenvalue weighted by Gasteiger charge is 2.07. The van der Waals surface area contributed by atoms with Crippen molar-refractivity contribution < 1.29 is 4.74 Å². The fraction of sp³-hybridized carbons (Fsp3) is 0.438. The largest absolute Gasteiger partial charge is 0.491 e. The number of rotatable bonds is 6. The molecule has 0 aliphatic heterocycles. The Morgan fingerprint density at radius 3 is 2.75 bits per heavy atom. The average molecular weight is 290 g/mol. The summed E-state index contributed by atoms with van der Waals surface area (Å²) in [6.45, 7) is 7.19. The molecule has 3 nitrogen and oxygen atoms in total. The van der Waals surface area contributed by atoms with E-state index in [9.17, 15) is 0 Å². The Kier molecular flexibility index (Phi) is 5.01. The lowest BCUT2D eigenvalue weighted by atomic mass is 10.1. The van der Waals surface area contributed by atoms with E-state index in [0.717, 1.165) is 34.9 Å². The van der Waals surface area contributed by atoms with Gasteiger partial charge in [-0.3, -0.25) is 0 Å². The molecule has 0 aliphatic carbocycles. The van der Waals surface area contributed by atoms with E-state index in [1.165, 1.54) is 0 Å².